The molecular formula is C21H19N5O5S. The minimum Gasteiger partial charge on any atom is -0.493 e. The van der Waals surface area contributed by atoms with Crippen LogP contribution in [0.1, 0.15) is 16.2 Å². The van der Waals surface area contributed by atoms with Crippen molar-refractivity contribution in [2.75, 3.05) is 14.2 Å². The number of hydrogen-bond donors (Lipinski definition) is 2. The Morgan fingerprint density at radius 3 is 2.75 bits per heavy atom. The standard InChI is InChI=1S/C21H19N5O5S/c1-30-15-7-6-13-11-22-25(19(27)17(13)18(15)31-2)9-8-16-23-24-21(32)26(16)14-5-3-4-12(10-14)20(28)29/h3-7,10-11H,8-9H2,1-2H3,(H,24,32)(H,28,29). The summed E-state index contributed by atoms with van der Waals surface area (Å²) in [5.74, 6) is 0.289. The van der Waals surface area contributed by atoms with Gasteiger partial charge in [0.1, 0.15) is 5.82 Å². The maximum absolute atomic E-state index is 13.1. The van der Waals surface area contributed by atoms with E-state index in [1.165, 1.54) is 31.0 Å². The highest BCUT2D eigenvalue weighted by molar-refractivity contribution is 7.71. The highest BCUT2D eigenvalue weighted by Crippen LogP contribution is 2.32. The zero-order valence-electron chi connectivity index (χ0n) is 17.2. The summed E-state index contributed by atoms with van der Waals surface area (Å²) >= 11 is 5.33. The zero-order valence-corrected chi connectivity index (χ0v) is 18.0. The second kappa shape index (κ2) is 8.63. The van der Waals surface area contributed by atoms with Crippen LogP contribution in [-0.2, 0) is 13.0 Å². The molecule has 4 rings (SSSR count). The number of nitrogens with one attached hydrogen (secondary N) is 1. The van der Waals surface area contributed by atoms with Gasteiger partial charge in [-0.05, 0) is 42.5 Å². The first kappa shape index (κ1) is 21.2. The van der Waals surface area contributed by atoms with Crippen LogP contribution in [0.15, 0.2) is 47.4 Å². The average Bonchev–Trinajstić information content (AvgIpc) is 3.18. The molecule has 0 saturated carbocycles. The molecule has 2 N–H and O–H groups in total. The Hall–Kier alpha value is -3.99. The second-order valence-corrected chi connectivity index (χ2v) is 7.21. The van der Waals surface area contributed by atoms with Gasteiger partial charge in [0.2, 0.25) is 0 Å². The number of rotatable bonds is 7. The van der Waals surface area contributed by atoms with Gasteiger partial charge in [-0.2, -0.15) is 10.2 Å². The minimum absolute atomic E-state index is 0.130. The van der Waals surface area contributed by atoms with E-state index >= 15 is 0 Å². The van der Waals surface area contributed by atoms with E-state index in [4.69, 9.17) is 21.7 Å². The summed E-state index contributed by atoms with van der Waals surface area (Å²) in [4.78, 5) is 24.4. The van der Waals surface area contributed by atoms with Crippen LogP contribution in [0.2, 0.25) is 0 Å². The Bertz CT molecular complexity index is 1440. The van der Waals surface area contributed by atoms with Gasteiger partial charge in [-0.3, -0.25) is 14.5 Å². The van der Waals surface area contributed by atoms with Crippen molar-refractivity contribution >= 4 is 29.0 Å². The summed E-state index contributed by atoms with van der Waals surface area (Å²) in [5.41, 5.74) is 0.362. The predicted molar refractivity (Wildman–Crippen MR) is 119 cm³/mol. The SMILES string of the molecule is COc1ccc2cnn(CCc3n[nH]c(=S)n3-c3cccc(C(=O)O)c3)c(=O)c2c1OC. The molecule has 0 bridgehead atoms. The normalized spacial score (nSPS) is 10.9. The molecule has 2 aromatic heterocycles. The van der Waals surface area contributed by atoms with Crippen molar-refractivity contribution in [3.05, 3.63) is 69.1 Å². The number of aromatic amines is 1. The maximum Gasteiger partial charge on any atom is 0.335 e. The third-order valence-corrected chi connectivity index (χ3v) is 5.28. The lowest BCUT2D eigenvalue weighted by molar-refractivity contribution is 0.0697. The number of carboxylic acid groups (broad SMARTS) is 1. The topological polar surface area (TPSA) is 124 Å². The molecule has 0 amide bonds. The van der Waals surface area contributed by atoms with E-state index in [1.807, 2.05) is 0 Å². The molecule has 0 saturated heterocycles. The first-order valence-electron chi connectivity index (χ1n) is 9.55. The van der Waals surface area contributed by atoms with Crippen molar-refractivity contribution in [1.29, 1.82) is 0 Å². The highest BCUT2D eigenvalue weighted by Gasteiger charge is 2.16. The van der Waals surface area contributed by atoms with Gasteiger partial charge in [-0.25, -0.2) is 9.48 Å². The van der Waals surface area contributed by atoms with Crippen LogP contribution < -0.4 is 15.0 Å². The lowest BCUT2D eigenvalue weighted by Gasteiger charge is -2.12. The molecule has 32 heavy (non-hydrogen) atoms. The van der Waals surface area contributed by atoms with Gasteiger partial charge in [0.05, 0.1) is 43.6 Å². The van der Waals surface area contributed by atoms with Gasteiger partial charge in [0, 0.05) is 11.8 Å². The van der Waals surface area contributed by atoms with E-state index in [-0.39, 0.29) is 17.7 Å². The first-order chi connectivity index (χ1) is 15.4. The summed E-state index contributed by atoms with van der Waals surface area (Å²) in [5, 5.41) is 21.5. The Balaban J connectivity index is 1.71. The Morgan fingerprint density at radius 2 is 2.03 bits per heavy atom. The Kier molecular flexibility index (Phi) is 5.73. The zero-order chi connectivity index (χ0) is 22.8. The van der Waals surface area contributed by atoms with E-state index < -0.39 is 5.97 Å². The minimum atomic E-state index is -1.04. The lowest BCUT2D eigenvalue weighted by atomic mass is 10.1. The molecule has 4 aromatic rings. The number of carboxylic acids is 1. The van der Waals surface area contributed by atoms with Crippen molar-refractivity contribution in [2.45, 2.75) is 13.0 Å². The number of carbonyl (C=O) groups is 1. The van der Waals surface area contributed by atoms with Gasteiger partial charge in [0.15, 0.2) is 16.3 Å². The highest BCUT2D eigenvalue weighted by atomic mass is 32.1. The van der Waals surface area contributed by atoms with Crippen LogP contribution in [0, 0.1) is 4.77 Å². The number of nitrogens with zero attached hydrogens (tertiary/aromatic N) is 4. The van der Waals surface area contributed by atoms with Crippen LogP contribution in [0.5, 0.6) is 11.5 Å². The molecule has 11 heteroatoms. The number of H-pyrrole nitrogens is 1. The number of ether oxygens (including phenoxy) is 2. The van der Waals surface area contributed by atoms with Gasteiger partial charge in [0.25, 0.3) is 5.56 Å². The van der Waals surface area contributed by atoms with E-state index in [2.05, 4.69) is 15.3 Å². The summed E-state index contributed by atoms with van der Waals surface area (Å²) < 4.78 is 14.0. The summed E-state index contributed by atoms with van der Waals surface area (Å²) in [6.45, 7) is 0.216. The number of benzene rings is 2. The van der Waals surface area contributed by atoms with Crippen molar-refractivity contribution < 1.29 is 19.4 Å². The molecule has 0 radical (unpaired) electrons. The van der Waals surface area contributed by atoms with E-state index in [0.717, 1.165) is 0 Å². The molecule has 164 valence electrons. The van der Waals surface area contributed by atoms with Gasteiger partial charge < -0.3 is 14.6 Å². The molecule has 0 atom stereocenters. The number of aryl methyl sites for hydroxylation is 2. The van der Waals surface area contributed by atoms with Crippen LogP contribution in [0.4, 0.5) is 0 Å². The van der Waals surface area contributed by atoms with Gasteiger partial charge in [-0.1, -0.05) is 6.07 Å². The quantitative estimate of drug-likeness (QED) is 0.409. The second-order valence-electron chi connectivity index (χ2n) is 6.82. The van der Waals surface area contributed by atoms with Crippen molar-refractivity contribution in [1.82, 2.24) is 24.5 Å². The molecular weight excluding hydrogens is 434 g/mol. The third kappa shape index (κ3) is 3.73. The fraction of sp³-hybridized carbons (Fsp3) is 0.190. The predicted octanol–water partition coefficient (Wildman–Crippen LogP) is 2.60. The van der Waals surface area contributed by atoms with E-state index in [0.29, 0.717) is 45.0 Å². The first-order valence-corrected chi connectivity index (χ1v) is 9.96. The number of methoxy groups -OCH3 is 2. The van der Waals surface area contributed by atoms with Crippen molar-refractivity contribution in [2.24, 2.45) is 0 Å². The third-order valence-electron chi connectivity index (χ3n) is 5.00. The number of fused-ring (bicyclic) bond motifs is 1. The molecule has 0 unspecified atom stereocenters. The molecule has 0 aliphatic heterocycles. The number of hydrogen-bond acceptors (Lipinski definition) is 7. The van der Waals surface area contributed by atoms with Crippen LogP contribution in [0.3, 0.4) is 0 Å². The maximum atomic E-state index is 13.1. The van der Waals surface area contributed by atoms with E-state index in [1.54, 1.807) is 35.0 Å². The van der Waals surface area contributed by atoms with Gasteiger partial charge >= 0.3 is 5.97 Å². The number of aromatic nitrogens is 5. The summed E-state index contributed by atoms with van der Waals surface area (Å²) in [6.07, 6.45) is 1.90. The van der Waals surface area contributed by atoms with Crippen molar-refractivity contribution in [3.63, 3.8) is 0 Å². The van der Waals surface area contributed by atoms with Crippen LogP contribution in [-0.4, -0.2) is 49.8 Å². The lowest BCUT2D eigenvalue weighted by Crippen LogP contribution is -2.24. The molecule has 2 aromatic carbocycles. The summed E-state index contributed by atoms with van der Waals surface area (Å²) in [6, 6.07) is 9.83. The van der Waals surface area contributed by atoms with Crippen LogP contribution >= 0.6 is 12.2 Å². The molecule has 0 aliphatic carbocycles. The molecule has 0 fully saturated rings. The van der Waals surface area contributed by atoms with Crippen LogP contribution in [0.25, 0.3) is 16.5 Å². The largest absolute Gasteiger partial charge is 0.493 e. The molecule has 10 nitrogen and oxygen atoms in total. The average molecular weight is 453 g/mol. The molecule has 2 heterocycles. The van der Waals surface area contributed by atoms with E-state index in [9.17, 15) is 14.7 Å². The monoisotopic (exact) mass is 453 g/mol. The smallest absolute Gasteiger partial charge is 0.335 e. The Labute approximate surface area is 186 Å². The fourth-order valence-corrected chi connectivity index (χ4v) is 3.75. The fourth-order valence-electron chi connectivity index (χ4n) is 3.49. The number of aromatic carboxylic acids is 1. The van der Waals surface area contributed by atoms with Crippen molar-refractivity contribution in [3.8, 4) is 17.2 Å². The molecule has 0 aliphatic rings. The molecule has 0 spiro atoms. The summed E-state index contributed by atoms with van der Waals surface area (Å²) in [7, 11) is 2.98. The Morgan fingerprint density at radius 1 is 1.22 bits per heavy atom. The van der Waals surface area contributed by atoms with Gasteiger partial charge in [-0.15, -0.1) is 0 Å².